The van der Waals surface area contributed by atoms with Gasteiger partial charge in [0.1, 0.15) is 0 Å². The average molecular weight is 97.1 g/mol. The van der Waals surface area contributed by atoms with Crippen LogP contribution in [0, 0.1) is 0 Å². The third kappa shape index (κ3) is 0.994. The number of nitrogens with zero attached hydrogens (tertiary/aromatic N) is 2. The van der Waals surface area contributed by atoms with Crippen LogP contribution in [0.1, 0.15) is 6.92 Å². The van der Waals surface area contributed by atoms with Gasteiger partial charge in [-0.25, -0.2) is 0 Å². The van der Waals surface area contributed by atoms with Gasteiger partial charge >= 0.3 is 0 Å². The van der Waals surface area contributed by atoms with Crippen molar-refractivity contribution in [1.82, 2.24) is 5.43 Å². The summed E-state index contributed by atoms with van der Waals surface area (Å²) in [5.41, 5.74) is 2.59. The Morgan fingerprint density at radius 1 is 1.71 bits per heavy atom. The summed E-state index contributed by atoms with van der Waals surface area (Å²) in [7, 11) is 0. The van der Waals surface area contributed by atoms with Crippen LogP contribution in [0.15, 0.2) is 22.6 Å². The van der Waals surface area contributed by atoms with Gasteiger partial charge in [-0.3, -0.25) is 5.43 Å². The summed E-state index contributed by atoms with van der Waals surface area (Å²) in [6.45, 7) is 1.97. The molecule has 0 bridgehead atoms. The monoisotopic (exact) mass is 97.1 g/mol. The molecule has 1 heterocycles. The van der Waals surface area contributed by atoms with Crippen LogP contribution in [0.5, 0.6) is 0 Å². The summed E-state index contributed by atoms with van der Waals surface area (Å²) in [5.74, 6) is 0. The predicted molar refractivity (Wildman–Crippen MR) is 26.6 cm³/mol. The zero-order valence-corrected chi connectivity index (χ0v) is 4.13. The molecular weight excluding hydrogens is 90.1 g/mol. The molecule has 0 fully saturated rings. The molecule has 1 unspecified atom stereocenters. The number of nitrogens with one attached hydrogen (secondary N) is 1. The predicted octanol–water partition coefficient (Wildman–Crippen LogP) is 0.859. The maximum atomic E-state index is 3.76. The third-order valence-corrected chi connectivity index (χ3v) is 0.747. The van der Waals surface area contributed by atoms with Crippen LogP contribution in [-0.2, 0) is 0 Å². The van der Waals surface area contributed by atoms with Gasteiger partial charge in [0, 0.05) is 6.20 Å². The summed E-state index contributed by atoms with van der Waals surface area (Å²) in [6.07, 6.45) is 3.71. The van der Waals surface area contributed by atoms with Crippen molar-refractivity contribution in [3.8, 4) is 0 Å². The van der Waals surface area contributed by atoms with E-state index in [0.717, 1.165) is 0 Å². The van der Waals surface area contributed by atoms with Crippen LogP contribution in [0.2, 0.25) is 0 Å². The lowest BCUT2D eigenvalue weighted by Crippen LogP contribution is -2.03. The lowest BCUT2D eigenvalue weighted by molar-refractivity contribution is 0.710. The Bertz CT molecular complexity index is 93.5. The molecule has 0 saturated carbocycles. The first kappa shape index (κ1) is 4.30. The molecular formula is C4H7N3. The Kier molecular flexibility index (Phi) is 1.06. The molecule has 0 aliphatic carbocycles. The van der Waals surface area contributed by atoms with Gasteiger partial charge in [0.05, 0.1) is 6.04 Å². The van der Waals surface area contributed by atoms with Crippen molar-refractivity contribution >= 4 is 0 Å². The van der Waals surface area contributed by atoms with Crippen molar-refractivity contribution in [3.63, 3.8) is 0 Å². The number of hydrogen-bond acceptors (Lipinski definition) is 3. The zero-order valence-electron chi connectivity index (χ0n) is 4.13. The minimum atomic E-state index is 0.251. The SMILES string of the molecule is CC1C=CNN=N1. The van der Waals surface area contributed by atoms with Gasteiger partial charge in [0.2, 0.25) is 0 Å². The van der Waals surface area contributed by atoms with Crippen LogP contribution in [0.4, 0.5) is 0 Å². The lowest BCUT2D eigenvalue weighted by Gasteiger charge is -1.99. The maximum absolute atomic E-state index is 3.76. The summed E-state index contributed by atoms with van der Waals surface area (Å²) < 4.78 is 0. The quantitative estimate of drug-likeness (QED) is 0.478. The number of rotatable bonds is 0. The first-order valence-electron chi connectivity index (χ1n) is 2.21. The molecule has 0 radical (unpaired) electrons. The Balaban J connectivity index is 2.49. The molecule has 3 heteroatoms. The average Bonchev–Trinajstić information content (AvgIpc) is 1.69. The fraction of sp³-hybridized carbons (Fsp3) is 0.500. The lowest BCUT2D eigenvalue weighted by atomic mass is 10.3. The molecule has 1 atom stereocenters. The van der Waals surface area contributed by atoms with E-state index >= 15 is 0 Å². The summed E-state index contributed by atoms with van der Waals surface area (Å²) in [4.78, 5) is 0. The highest BCUT2D eigenvalue weighted by molar-refractivity contribution is 4.89. The van der Waals surface area contributed by atoms with Crippen LogP contribution in [-0.4, -0.2) is 6.04 Å². The Morgan fingerprint density at radius 3 is 2.86 bits per heavy atom. The molecule has 0 spiro atoms. The van der Waals surface area contributed by atoms with Gasteiger partial charge in [0.15, 0.2) is 0 Å². The fourth-order valence-corrected chi connectivity index (χ4v) is 0.379. The first-order valence-corrected chi connectivity index (χ1v) is 2.21. The van der Waals surface area contributed by atoms with Crippen LogP contribution < -0.4 is 5.43 Å². The molecule has 0 saturated heterocycles. The minimum Gasteiger partial charge on any atom is -0.268 e. The van der Waals surface area contributed by atoms with Gasteiger partial charge in [-0.05, 0) is 13.0 Å². The van der Waals surface area contributed by atoms with Gasteiger partial charge in [-0.15, -0.1) is 0 Å². The van der Waals surface area contributed by atoms with E-state index in [9.17, 15) is 0 Å². The molecule has 38 valence electrons. The molecule has 3 nitrogen and oxygen atoms in total. The van der Waals surface area contributed by atoms with Crippen LogP contribution in [0.25, 0.3) is 0 Å². The molecule has 1 aliphatic heterocycles. The minimum absolute atomic E-state index is 0.251. The van der Waals surface area contributed by atoms with E-state index in [2.05, 4.69) is 15.8 Å². The van der Waals surface area contributed by atoms with Crippen molar-refractivity contribution in [2.45, 2.75) is 13.0 Å². The van der Waals surface area contributed by atoms with Crippen LogP contribution in [0.3, 0.4) is 0 Å². The highest BCUT2D eigenvalue weighted by Crippen LogP contribution is 1.94. The topological polar surface area (TPSA) is 36.8 Å². The Labute approximate surface area is 42.1 Å². The largest absolute Gasteiger partial charge is 0.268 e. The molecule has 0 aromatic heterocycles. The normalized spacial score (nSPS) is 27.3. The highest BCUT2D eigenvalue weighted by atomic mass is 15.4. The van der Waals surface area contributed by atoms with Crippen molar-refractivity contribution in [1.29, 1.82) is 0 Å². The van der Waals surface area contributed by atoms with E-state index in [1.54, 1.807) is 6.20 Å². The summed E-state index contributed by atoms with van der Waals surface area (Å²) in [6, 6.07) is 0.251. The molecule has 1 rings (SSSR count). The van der Waals surface area contributed by atoms with Gasteiger partial charge in [0.25, 0.3) is 0 Å². The molecule has 0 aromatic carbocycles. The van der Waals surface area contributed by atoms with Gasteiger partial charge in [-0.2, -0.15) is 5.11 Å². The molecule has 0 amide bonds. The van der Waals surface area contributed by atoms with E-state index in [1.807, 2.05) is 13.0 Å². The van der Waals surface area contributed by atoms with Gasteiger partial charge < -0.3 is 0 Å². The van der Waals surface area contributed by atoms with E-state index < -0.39 is 0 Å². The van der Waals surface area contributed by atoms with E-state index in [1.165, 1.54) is 0 Å². The summed E-state index contributed by atoms with van der Waals surface area (Å²) >= 11 is 0. The van der Waals surface area contributed by atoms with E-state index in [0.29, 0.717) is 0 Å². The van der Waals surface area contributed by atoms with Crippen molar-refractivity contribution in [3.05, 3.63) is 12.3 Å². The molecule has 1 N–H and O–H groups in total. The second-order valence-corrected chi connectivity index (χ2v) is 1.44. The van der Waals surface area contributed by atoms with E-state index in [-0.39, 0.29) is 6.04 Å². The highest BCUT2D eigenvalue weighted by Gasteiger charge is 1.92. The third-order valence-electron chi connectivity index (χ3n) is 0.747. The summed E-state index contributed by atoms with van der Waals surface area (Å²) in [5, 5.41) is 7.30. The van der Waals surface area contributed by atoms with Crippen molar-refractivity contribution in [2.75, 3.05) is 0 Å². The molecule has 0 aromatic rings. The first-order chi connectivity index (χ1) is 3.39. The number of hydrogen-bond donors (Lipinski definition) is 1. The molecule has 7 heavy (non-hydrogen) atoms. The standard InChI is InChI=1S/C4H7N3/c1-4-2-3-5-7-6-4/h2-4H,1H3,(H,5,6). The smallest absolute Gasteiger partial charge is 0.0899 e. The molecule has 1 aliphatic rings. The second kappa shape index (κ2) is 1.73. The Morgan fingerprint density at radius 2 is 2.57 bits per heavy atom. The van der Waals surface area contributed by atoms with Crippen LogP contribution >= 0.6 is 0 Å². The zero-order chi connectivity index (χ0) is 5.11. The Hall–Kier alpha value is -0.860. The second-order valence-electron chi connectivity index (χ2n) is 1.44. The van der Waals surface area contributed by atoms with E-state index in [4.69, 9.17) is 0 Å². The fourth-order valence-electron chi connectivity index (χ4n) is 0.379. The van der Waals surface area contributed by atoms with Crippen molar-refractivity contribution in [2.24, 2.45) is 10.3 Å². The van der Waals surface area contributed by atoms with Gasteiger partial charge in [-0.1, -0.05) is 5.22 Å². The van der Waals surface area contributed by atoms with Crippen molar-refractivity contribution < 1.29 is 0 Å². The maximum Gasteiger partial charge on any atom is 0.0899 e.